The number of benzene rings is 1. The topological polar surface area (TPSA) is 41.8 Å². The number of hydrogen-bond donors (Lipinski definition) is 1. The van der Waals surface area contributed by atoms with E-state index in [0.717, 1.165) is 11.3 Å². The van der Waals surface area contributed by atoms with E-state index >= 15 is 0 Å². The second-order valence-electron chi connectivity index (χ2n) is 3.18. The highest BCUT2D eigenvalue weighted by molar-refractivity contribution is 6.00. The third-order valence-corrected chi connectivity index (χ3v) is 2.08. The highest BCUT2D eigenvalue weighted by Gasteiger charge is 2.01. The van der Waals surface area contributed by atoms with E-state index in [1.807, 2.05) is 26.0 Å². The van der Waals surface area contributed by atoms with Crippen LogP contribution in [0.25, 0.3) is 0 Å². The van der Waals surface area contributed by atoms with Gasteiger partial charge in [-0.15, -0.1) is 0 Å². The molecule has 1 N–H and O–H groups in total. The summed E-state index contributed by atoms with van der Waals surface area (Å²) < 4.78 is 5.18. The standard InChI is InChI=1S/C12H17NO2/c1-3-15-9-8-13-10(2)11-6-4-5-7-12(11)14/h4-7,14H,3,8-9H2,1-2H3. The largest absolute Gasteiger partial charge is 0.507 e. The first kappa shape index (κ1) is 11.7. The highest BCUT2D eigenvalue weighted by Crippen LogP contribution is 2.16. The predicted octanol–water partition coefficient (Wildman–Crippen LogP) is 2.24. The summed E-state index contributed by atoms with van der Waals surface area (Å²) in [5, 5.41) is 9.57. The van der Waals surface area contributed by atoms with Crippen molar-refractivity contribution in [3.8, 4) is 5.75 Å². The van der Waals surface area contributed by atoms with Gasteiger partial charge in [0.15, 0.2) is 0 Å². The molecular weight excluding hydrogens is 190 g/mol. The number of phenols is 1. The van der Waals surface area contributed by atoms with Gasteiger partial charge in [0.1, 0.15) is 5.75 Å². The average molecular weight is 207 g/mol. The van der Waals surface area contributed by atoms with Gasteiger partial charge in [-0.05, 0) is 26.0 Å². The smallest absolute Gasteiger partial charge is 0.124 e. The molecule has 0 saturated heterocycles. The van der Waals surface area contributed by atoms with Crippen molar-refractivity contribution in [2.75, 3.05) is 19.8 Å². The van der Waals surface area contributed by atoms with Crippen LogP contribution in [0.15, 0.2) is 29.3 Å². The minimum atomic E-state index is 0.273. The SMILES string of the molecule is CCOCCN=C(C)c1ccccc1O. The van der Waals surface area contributed by atoms with Crippen molar-refractivity contribution in [3.05, 3.63) is 29.8 Å². The number of phenolic OH excluding ortho intramolecular Hbond substituents is 1. The van der Waals surface area contributed by atoms with Crippen LogP contribution in [0.1, 0.15) is 19.4 Å². The molecule has 0 aliphatic heterocycles. The Hall–Kier alpha value is -1.35. The quantitative estimate of drug-likeness (QED) is 0.594. The van der Waals surface area contributed by atoms with Gasteiger partial charge in [-0.1, -0.05) is 12.1 Å². The van der Waals surface area contributed by atoms with Crippen LogP contribution >= 0.6 is 0 Å². The monoisotopic (exact) mass is 207 g/mol. The molecule has 0 bridgehead atoms. The zero-order chi connectivity index (χ0) is 11.1. The molecule has 82 valence electrons. The van der Waals surface area contributed by atoms with Crippen molar-refractivity contribution >= 4 is 5.71 Å². The van der Waals surface area contributed by atoms with Crippen LogP contribution in [0.3, 0.4) is 0 Å². The van der Waals surface area contributed by atoms with E-state index in [4.69, 9.17) is 4.74 Å². The Balaban J connectivity index is 2.60. The number of aromatic hydroxyl groups is 1. The van der Waals surface area contributed by atoms with E-state index in [0.29, 0.717) is 19.8 Å². The summed E-state index contributed by atoms with van der Waals surface area (Å²) in [6.07, 6.45) is 0. The molecule has 0 saturated carbocycles. The summed E-state index contributed by atoms with van der Waals surface area (Å²) >= 11 is 0. The maximum absolute atomic E-state index is 9.57. The van der Waals surface area contributed by atoms with Gasteiger partial charge in [0, 0.05) is 17.9 Å². The van der Waals surface area contributed by atoms with Crippen LogP contribution in [-0.2, 0) is 4.74 Å². The van der Waals surface area contributed by atoms with E-state index < -0.39 is 0 Å². The third-order valence-electron chi connectivity index (χ3n) is 2.08. The second-order valence-corrected chi connectivity index (χ2v) is 3.18. The van der Waals surface area contributed by atoms with Gasteiger partial charge in [0.2, 0.25) is 0 Å². The fourth-order valence-electron chi connectivity index (χ4n) is 1.29. The number of ether oxygens (including phenoxy) is 1. The number of nitrogens with zero attached hydrogens (tertiary/aromatic N) is 1. The Morgan fingerprint density at radius 3 is 2.80 bits per heavy atom. The fraction of sp³-hybridized carbons (Fsp3) is 0.417. The molecule has 0 heterocycles. The van der Waals surface area contributed by atoms with Gasteiger partial charge in [-0.25, -0.2) is 0 Å². The summed E-state index contributed by atoms with van der Waals surface area (Å²) in [6.45, 7) is 5.82. The molecule has 0 unspecified atom stereocenters. The van der Waals surface area contributed by atoms with Crippen molar-refractivity contribution in [1.29, 1.82) is 0 Å². The minimum absolute atomic E-state index is 0.273. The molecule has 0 fully saturated rings. The molecule has 1 aromatic carbocycles. The van der Waals surface area contributed by atoms with Crippen LogP contribution in [0.4, 0.5) is 0 Å². The molecule has 0 radical (unpaired) electrons. The van der Waals surface area contributed by atoms with E-state index in [2.05, 4.69) is 4.99 Å². The summed E-state index contributed by atoms with van der Waals surface area (Å²) in [5.41, 5.74) is 1.63. The fourth-order valence-corrected chi connectivity index (χ4v) is 1.29. The maximum atomic E-state index is 9.57. The molecule has 15 heavy (non-hydrogen) atoms. The summed E-state index contributed by atoms with van der Waals surface area (Å²) in [5.74, 6) is 0.273. The lowest BCUT2D eigenvalue weighted by molar-refractivity contribution is 0.156. The van der Waals surface area contributed by atoms with Gasteiger partial charge < -0.3 is 9.84 Å². The lowest BCUT2D eigenvalue weighted by Crippen LogP contribution is -2.02. The molecule has 3 nitrogen and oxygen atoms in total. The number of aliphatic imine (C=N–C) groups is 1. The lowest BCUT2D eigenvalue weighted by Gasteiger charge is -2.03. The van der Waals surface area contributed by atoms with Crippen molar-refractivity contribution in [2.45, 2.75) is 13.8 Å². The molecular formula is C12H17NO2. The predicted molar refractivity (Wildman–Crippen MR) is 61.7 cm³/mol. The highest BCUT2D eigenvalue weighted by atomic mass is 16.5. The van der Waals surface area contributed by atoms with Crippen molar-refractivity contribution in [1.82, 2.24) is 0 Å². The molecule has 3 heteroatoms. The molecule has 0 aliphatic rings. The first-order valence-corrected chi connectivity index (χ1v) is 5.13. The van der Waals surface area contributed by atoms with Crippen LogP contribution in [0, 0.1) is 0 Å². The van der Waals surface area contributed by atoms with Crippen molar-refractivity contribution < 1.29 is 9.84 Å². The van der Waals surface area contributed by atoms with Gasteiger partial charge in [-0.2, -0.15) is 0 Å². The Morgan fingerprint density at radius 1 is 1.40 bits per heavy atom. The summed E-state index contributed by atoms with van der Waals surface area (Å²) in [6, 6.07) is 7.20. The van der Waals surface area contributed by atoms with E-state index in [1.165, 1.54) is 0 Å². The van der Waals surface area contributed by atoms with Crippen molar-refractivity contribution in [3.63, 3.8) is 0 Å². The Kier molecular flexibility index (Phi) is 4.84. The zero-order valence-corrected chi connectivity index (χ0v) is 9.23. The molecule has 0 aromatic heterocycles. The molecule has 1 rings (SSSR count). The van der Waals surface area contributed by atoms with Gasteiger partial charge in [0.25, 0.3) is 0 Å². The lowest BCUT2D eigenvalue weighted by atomic mass is 10.1. The summed E-state index contributed by atoms with van der Waals surface area (Å²) in [4.78, 5) is 4.32. The number of hydrogen-bond acceptors (Lipinski definition) is 3. The number of para-hydroxylation sites is 1. The normalized spacial score (nSPS) is 11.7. The van der Waals surface area contributed by atoms with Gasteiger partial charge >= 0.3 is 0 Å². The van der Waals surface area contributed by atoms with Gasteiger partial charge in [-0.3, -0.25) is 4.99 Å². The average Bonchev–Trinajstić information content (AvgIpc) is 2.25. The maximum Gasteiger partial charge on any atom is 0.124 e. The van der Waals surface area contributed by atoms with Gasteiger partial charge in [0.05, 0.1) is 13.2 Å². The van der Waals surface area contributed by atoms with E-state index in [-0.39, 0.29) is 5.75 Å². The van der Waals surface area contributed by atoms with Crippen LogP contribution in [-0.4, -0.2) is 30.6 Å². The Bertz CT molecular complexity index is 334. The van der Waals surface area contributed by atoms with Crippen molar-refractivity contribution in [2.24, 2.45) is 4.99 Å². The minimum Gasteiger partial charge on any atom is -0.507 e. The number of rotatable bonds is 5. The molecule has 0 amide bonds. The molecule has 1 aromatic rings. The Morgan fingerprint density at radius 2 is 2.13 bits per heavy atom. The second kappa shape index (κ2) is 6.19. The zero-order valence-electron chi connectivity index (χ0n) is 9.23. The van der Waals surface area contributed by atoms with Crippen LogP contribution < -0.4 is 0 Å². The van der Waals surface area contributed by atoms with E-state index in [1.54, 1.807) is 12.1 Å². The van der Waals surface area contributed by atoms with Crippen LogP contribution in [0.5, 0.6) is 5.75 Å². The van der Waals surface area contributed by atoms with E-state index in [9.17, 15) is 5.11 Å². The molecule has 0 aliphatic carbocycles. The molecule has 0 spiro atoms. The third kappa shape index (κ3) is 3.72. The summed E-state index contributed by atoms with van der Waals surface area (Å²) in [7, 11) is 0. The first-order chi connectivity index (χ1) is 7.25. The van der Waals surface area contributed by atoms with Crippen LogP contribution in [0.2, 0.25) is 0 Å². The first-order valence-electron chi connectivity index (χ1n) is 5.13. The molecule has 0 atom stereocenters. The Labute approximate surface area is 90.4 Å².